The van der Waals surface area contributed by atoms with Crippen LogP contribution in [0.1, 0.15) is 80.1 Å². The highest BCUT2D eigenvalue weighted by Crippen LogP contribution is 2.62. The molecule has 0 bridgehead atoms. The molecule has 1 fully saturated rings. The van der Waals surface area contributed by atoms with Gasteiger partial charge in [0.25, 0.3) is 0 Å². The first-order valence-corrected chi connectivity index (χ1v) is 8.92. The Morgan fingerprint density at radius 2 is 1.28 bits per heavy atom. The van der Waals surface area contributed by atoms with Crippen LogP contribution >= 0.6 is 0 Å². The van der Waals surface area contributed by atoms with Gasteiger partial charge in [0.15, 0.2) is 9.84 Å². The molecule has 1 saturated carbocycles. The van der Waals surface area contributed by atoms with Crippen LogP contribution in [0.2, 0.25) is 0 Å². The summed E-state index contributed by atoms with van der Waals surface area (Å²) in [6, 6.07) is 0. The van der Waals surface area contributed by atoms with Crippen molar-refractivity contribution in [1.82, 2.24) is 0 Å². The molecular weight excluding hydrogens is 244 g/mol. The van der Waals surface area contributed by atoms with E-state index in [4.69, 9.17) is 0 Å². The minimum absolute atomic E-state index is 0.0581. The molecule has 0 saturated heterocycles. The highest BCUT2D eigenvalue weighted by molar-refractivity contribution is 7.94. The molecule has 0 heterocycles. The fourth-order valence-corrected chi connectivity index (χ4v) is 6.59. The highest BCUT2D eigenvalue weighted by Gasteiger charge is 2.67. The van der Waals surface area contributed by atoms with Crippen molar-refractivity contribution in [2.75, 3.05) is 0 Å². The Morgan fingerprint density at radius 3 is 1.50 bits per heavy atom. The van der Waals surface area contributed by atoms with Gasteiger partial charge in [-0.3, -0.25) is 0 Å². The minimum atomic E-state index is -3.07. The molecule has 2 nitrogen and oxygen atoms in total. The zero-order valence-corrected chi connectivity index (χ0v) is 13.8. The van der Waals surface area contributed by atoms with E-state index in [-0.39, 0.29) is 5.41 Å². The Bertz CT molecular complexity index is 383. The van der Waals surface area contributed by atoms with E-state index in [0.717, 1.165) is 38.5 Å². The number of hydrogen-bond acceptors (Lipinski definition) is 2. The van der Waals surface area contributed by atoms with Crippen LogP contribution in [-0.4, -0.2) is 17.9 Å². The molecule has 0 N–H and O–H groups in total. The predicted molar refractivity (Wildman–Crippen MR) is 78.6 cm³/mol. The van der Waals surface area contributed by atoms with Crippen LogP contribution in [0.25, 0.3) is 0 Å². The molecule has 0 atom stereocenters. The van der Waals surface area contributed by atoms with Crippen LogP contribution in [0.5, 0.6) is 0 Å². The van der Waals surface area contributed by atoms with Crippen molar-refractivity contribution in [1.29, 1.82) is 0 Å². The summed E-state index contributed by atoms with van der Waals surface area (Å²) in [5, 5.41) is 0. The summed E-state index contributed by atoms with van der Waals surface area (Å²) in [5.41, 5.74) is -0.0581. The molecule has 0 aromatic rings. The van der Waals surface area contributed by atoms with Crippen LogP contribution in [0.4, 0.5) is 0 Å². The van der Waals surface area contributed by atoms with Gasteiger partial charge in [0.05, 0.1) is 9.49 Å². The highest BCUT2D eigenvalue weighted by atomic mass is 32.2. The zero-order chi connectivity index (χ0) is 14.2. The van der Waals surface area contributed by atoms with Crippen molar-refractivity contribution < 1.29 is 8.42 Å². The van der Waals surface area contributed by atoms with Gasteiger partial charge in [-0.15, -0.1) is 0 Å². The first kappa shape index (κ1) is 16.0. The number of sulfone groups is 1. The van der Waals surface area contributed by atoms with Gasteiger partial charge in [0.1, 0.15) is 0 Å². The summed E-state index contributed by atoms with van der Waals surface area (Å²) in [6.45, 7) is 12.4. The second kappa shape index (κ2) is 4.81. The molecule has 0 aromatic heterocycles. The van der Waals surface area contributed by atoms with Gasteiger partial charge >= 0.3 is 0 Å². The lowest BCUT2D eigenvalue weighted by molar-refractivity contribution is 0.259. The van der Waals surface area contributed by atoms with E-state index >= 15 is 0 Å². The molecule has 1 rings (SSSR count). The zero-order valence-electron chi connectivity index (χ0n) is 13.0. The quantitative estimate of drug-likeness (QED) is 0.692. The fourth-order valence-electron chi connectivity index (χ4n) is 3.31. The summed E-state index contributed by atoms with van der Waals surface area (Å²) in [5.74, 6) is 0. The average Bonchev–Trinajstić information content (AvgIpc) is 3.18. The molecule has 0 aromatic carbocycles. The van der Waals surface area contributed by atoms with E-state index in [1.54, 1.807) is 0 Å². The molecule has 0 spiro atoms. The smallest absolute Gasteiger partial charge is 0.161 e. The largest absolute Gasteiger partial charge is 0.228 e. The van der Waals surface area contributed by atoms with Crippen molar-refractivity contribution in [2.24, 2.45) is 5.41 Å². The van der Waals surface area contributed by atoms with Crippen molar-refractivity contribution in [2.45, 2.75) is 89.6 Å². The second-order valence-corrected chi connectivity index (χ2v) is 9.20. The van der Waals surface area contributed by atoms with Crippen molar-refractivity contribution >= 4 is 9.84 Å². The molecule has 1 aliphatic carbocycles. The molecule has 0 aliphatic heterocycles. The lowest BCUT2D eigenvalue weighted by atomic mass is 9.79. The number of rotatable bonds is 7. The van der Waals surface area contributed by atoms with Crippen molar-refractivity contribution in [3.05, 3.63) is 0 Å². The third-order valence-corrected chi connectivity index (χ3v) is 9.83. The summed E-state index contributed by atoms with van der Waals surface area (Å²) in [6.07, 6.45) is 5.07. The molecule has 108 valence electrons. The summed E-state index contributed by atoms with van der Waals surface area (Å²) in [7, 11) is -3.07. The SMILES string of the molecule is CCC(C)(CC)C1(S(=O)(=O)C(C)(CC)CC)CC1. The average molecular weight is 274 g/mol. The first-order valence-electron chi connectivity index (χ1n) is 7.44. The molecule has 0 amide bonds. The molecule has 3 heteroatoms. The summed E-state index contributed by atoms with van der Waals surface area (Å²) >= 11 is 0. The second-order valence-electron chi connectivity index (χ2n) is 6.42. The maximum Gasteiger partial charge on any atom is 0.161 e. The van der Waals surface area contributed by atoms with E-state index in [1.165, 1.54) is 0 Å². The Balaban J connectivity index is 3.29. The van der Waals surface area contributed by atoms with E-state index in [9.17, 15) is 8.42 Å². The topological polar surface area (TPSA) is 34.1 Å². The van der Waals surface area contributed by atoms with Gasteiger partial charge in [0.2, 0.25) is 0 Å². The monoisotopic (exact) mass is 274 g/mol. The Labute approximate surface area is 113 Å². The predicted octanol–water partition coefficient (Wildman–Crippen LogP) is 4.34. The van der Waals surface area contributed by atoms with Crippen LogP contribution in [0.3, 0.4) is 0 Å². The Hall–Kier alpha value is -0.0500. The molecule has 0 radical (unpaired) electrons. The van der Waals surface area contributed by atoms with Gasteiger partial charge in [-0.1, -0.05) is 34.6 Å². The molecule has 0 unspecified atom stereocenters. The maximum atomic E-state index is 13.2. The first-order chi connectivity index (χ1) is 8.20. The lowest BCUT2D eigenvalue weighted by Gasteiger charge is -2.42. The van der Waals surface area contributed by atoms with Crippen LogP contribution in [0.15, 0.2) is 0 Å². The normalized spacial score (nSPS) is 19.9. The molecular formula is C15H30O2S. The third kappa shape index (κ3) is 1.85. The van der Waals surface area contributed by atoms with Gasteiger partial charge < -0.3 is 0 Å². The maximum absolute atomic E-state index is 13.2. The molecule has 1 aliphatic rings. The van der Waals surface area contributed by atoms with Gasteiger partial charge in [-0.2, -0.15) is 0 Å². The third-order valence-electron chi connectivity index (χ3n) is 6.02. The Kier molecular flexibility index (Phi) is 4.27. The van der Waals surface area contributed by atoms with Crippen LogP contribution < -0.4 is 0 Å². The van der Waals surface area contributed by atoms with Crippen molar-refractivity contribution in [3.63, 3.8) is 0 Å². The van der Waals surface area contributed by atoms with E-state index in [0.29, 0.717) is 0 Å². The fraction of sp³-hybridized carbons (Fsp3) is 1.00. The van der Waals surface area contributed by atoms with E-state index < -0.39 is 19.3 Å². The minimum Gasteiger partial charge on any atom is -0.228 e. The summed E-state index contributed by atoms with van der Waals surface area (Å²) in [4.78, 5) is 0. The van der Waals surface area contributed by atoms with E-state index in [1.807, 2.05) is 20.8 Å². The van der Waals surface area contributed by atoms with Crippen LogP contribution in [0, 0.1) is 5.41 Å². The van der Waals surface area contributed by atoms with Gasteiger partial charge in [-0.05, 0) is 50.9 Å². The standard InChI is InChI=1S/C15H30O2S/c1-7-13(5,8-2)15(11-12-15)18(16,17)14(6,9-3)10-4/h7-12H2,1-6H3. The van der Waals surface area contributed by atoms with E-state index in [2.05, 4.69) is 20.8 Å². The van der Waals surface area contributed by atoms with Gasteiger partial charge in [-0.25, -0.2) is 8.42 Å². The summed E-state index contributed by atoms with van der Waals surface area (Å²) < 4.78 is 25.3. The van der Waals surface area contributed by atoms with Gasteiger partial charge in [0, 0.05) is 0 Å². The van der Waals surface area contributed by atoms with Crippen LogP contribution in [-0.2, 0) is 9.84 Å². The number of hydrogen-bond donors (Lipinski definition) is 0. The Morgan fingerprint density at radius 1 is 0.889 bits per heavy atom. The molecule has 18 heavy (non-hydrogen) atoms. The van der Waals surface area contributed by atoms with Crippen molar-refractivity contribution in [3.8, 4) is 0 Å². The lowest BCUT2D eigenvalue weighted by Crippen LogP contribution is -2.50.